The lowest BCUT2D eigenvalue weighted by Crippen LogP contribution is -2.43. The summed E-state index contributed by atoms with van der Waals surface area (Å²) in [5.41, 5.74) is 1.20. The second kappa shape index (κ2) is 25.3. The molecule has 1 aromatic carbocycles. The van der Waals surface area contributed by atoms with Gasteiger partial charge in [0.1, 0.15) is 6.54 Å². The number of hydrogen-bond acceptors (Lipinski definition) is 3. The molecule has 1 rings (SSSR count). The lowest BCUT2D eigenvalue weighted by Gasteiger charge is -2.29. The maximum atomic E-state index is 5.80. The molecular formula is C33H62NO3+. The van der Waals surface area contributed by atoms with Gasteiger partial charge in [-0.3, -0.25) is 0 Å². The third-order valence-corrected chi connectivity index (χ3v) is 7.31. The van der Waals surface area contributed by atoms with Crippen LogP contribution < -0.4 is 0 Å². The van der Waals surface area contributed by atoms with Gasteiger partial charge in [-0.1, -0.05) is 127 Å². The summed E-state index contributed by atoms with van der Waals surface area (Å²) < 4.78 is 18.1. The van der Waals surface area contributed by atoms with Gasteiger partial charge in [0.15, 0.2) is 0 Å². The summed E-state index contributed by atoms with van der Waals surface area (Å²) in [6.07, 6.45) is 22.9. The number of ether oxygens (including phenoxy) is 3. The van der Waals surface area contributed by atoms with Gasteiger partial charge >= 0.3 is 0 Å². The number of nitrogens with zero attached hydrogens (tertiary/aromatic N) is 1. The predicted octanol–water partition coefficient (Wildman–Crippen LogP) is 8.57. The zero-order valence-electron chi connectivity index (χ0n) is 25.0. The maximum absolute atomic E-state index is 5.80. The highest BCUT2D eigenvalue weighted by atomic mass is 16.5. The van der Waals surface area contributed by atoms with E-state index in [1.807, 2.05) is 18.2 Å². The highest BCUT2D eigenvalue weighted by Crippen LogP contribution is 2.14. The first kappa shape index (κ1) is 34.1. The van der Waals surface area contributed by atoms with Gasteiger partial charge < -0.3 is 18.7 Å². The number of rotatable bonds is 28. The Kier molecular flexibility index (Phi) is 23.3. The molecule has 0 aromatic heterocycles. The van der Waals surface area contributed by atoms with Crippen LogP contribution in [0, 0.1) is 0 Å². The highest BCUT2D eigenvalue weighted by Gasteiger charge is 2.13. The third kappa shape index (κ3) is 23.9. The Morgan fingerprint density at radius 2 is 0.919 bits per heavy atom. The first-order valence-corrected chi connectivity index (χ1v) is 15.7. The van der Waals surface area contributed by atoms with Crippen molar-refractivity contribution < 1.29 is 18.7 Å². The van der Waals surface area contributed by atoms with Crippen molar-refractivity contribution in [3.63, 3.8) is 0 Å². The van der Waals surface area contributed by atoms with Gasteiger partial charge in [-0.25, -0.2) is 0 Å². The first-order chi connectivity index (χ1) is 18.1. The number of hydrogen-bond donors (Lipinski definition) is 0. The molecule has 0 fully saturated rings. The summed E-state index contributed by atoms with van der Waals surface area (Å²) in [5.74, 6) is 0. The van der Waals surface area contributed by atoms with Crippen molar-refractivity contribution in [3.8, 4) is 0 Å². The van der Waals surface area contributed by atoms with Gasteiger partial charge in [0.2, 0.25) is 0 Å². The van der Waals surface area contributed by atoms with Crippen molar-refractivity contribution in [1.29, 1.82) is 0 Å². The molecule has 0 bridgehead atoms. The largest absolute Gasteiger partial charge is 0.377 e. The van der Waals surface area contributed by atoms with Gasteiger partial charge in [-0.15, -0.1) is 0 Å². The van der Waals surface area contributed by atoms with Gasteiger partial charge in [-0.05, 0) is 18.4 Å². The molecular weight excluding hydrogens is 458 g/mol. The van der Waals surface area contributed by atoms with E-state index in [9.17, 15) is 0 Å². The van der Waals surface area contributed by atoms with Crippen LogP contribution in [-0.2, 0) is 20.8 Å². The van der Waals surface area contributed by atoms with Crippen LogP contribution in [0.25, 0.3) is 0 Å². The molecule has 4 nitrogen and oxygen atoms in total. The zero-order chi connectivity index (χ0) is 26.7. The summed E-state index contributed by atoms with van der Waals surface area (Å²) >= 11 is 0. The van der Waals surface area contributed by atoms with E-state index in [0.717, 1.165) is 17.6 Å². The Bertz CT molecular complexity index is 578. The van der Waals surface area contributed by atoms with Crippen LogP contribution in [0.5, 0.6) is 0 Å². The Balaban J connectivity index is 1.77. The molecule has 0 N–H and O–H groups in total. The quantitative estimate of drug-likeness (QED) is 0.0818. The van der Waals surface area contributed by atoms with E-state index in [1.54, 1.807) is 0 Å². The molecule has 0 aliphatic rings. The van der Waals surface area contributed by atoms with Gasteiger partial charge in [0, 0.05) is 0 Å². The first-order valence-electron chi connectivity index (χ1n) is 15.7. The lowest BCUT2D eigenvalue weighted by atomic mass is 10.0. The van der Waals surface area contributed by atoms with Crippen LogP contribution in [0.15, 0.2) is 30.3 Å². The van der Waals surface area contributed by atoms with Gasteiger partial charge in [-0.2, -0.15) is 0 Å². The van der Waals surface area contributed by atoms with Crippen molar-refractivity contribution >= 4 is 0 Å². The Morgan fingerprint density at radius 1 is 0.486 bits per heavy atom. The fourth-order valence-corrected chi connectivity index (χ4v) is 4.72. The predicted molar refractivity (Wildman–Crippen MR) is 159 cm³/mol. The second-order valence-electron chi connectivity index (χ2n) is 11.4. The molecule has 0 aliphatic carbocycles. The van der Waals surface area contributed by atoms with Gasteiger partial charge in [0.05, 0.1) is 60.3 Å². The Labute approximate surface area is 231 Å². The molecule has 0 saturated carbocycles. The standard InChI is InChI=1S/C33H62NO3/c1-4-5-6-7-8-9-10-11-12-13-14-15-16-17-18-22-25-34(2,3)26-27-35-28-29-36-30-31-37-32-33-23-20-19-21-24-33/h19-21,23-24H,4-18,22,25-32H2,1-3H3/q+1. The number of unbranched alkanes of at least 4 members (excludes halogenated alkanes) is 15. The minimum absolute atomic E-state index is 0.622. The fourth-order valence-electron chi connectivity index (χ4n) is 4.72. The average Bonchev–Trinajstić information content (AvgIpc) is 2.90. The van der Waals surface area contributed by atoms with E-state index in [-0.39, 0.29) is 0 Å². The van der Waals surface area contributed by atoms with Crippen LogP contribution in [0.4, 0.5) is 0 Å². The van der Waals surface area contributed by atoms with Crippen molar-refractivity contribution in [2.75, 3.05) is 60.2 Å². The smallest absolute Gasteiger partial charge is 0.102 e. The van der Waals surface area contributed by atoms with Crippen molar-refractivity contribution in [3.05, 3.63) is 35.9 Å². The third-order valence-electron chi connectivity index (χ3n) is 7.31. The average molecular weight is 521 g/mol. The van der Waals surface area contributed by atoms with Crippen LogP contribution in [0.1, 0.15) is 115 Å². The van der Waals surface area contributed by atoms with Crippen molar-refractivity contribution in [1.82, 2.24) is 0 Å². The minimum atomic E-state index is 0.622. The molecule has 1 aromatic rings. The summed E-state index contributed by atoms with van der Waals surface area (Å²) in [6.45, 7) is 8.61. The number of likely N-dealkylation sites (N-methyl/N-ethyl adjacent to an activating group) is 1. The monoisotopic (exact) mass is 520 g/mol. The summed E-state index contributed by atoms with van der Waals surface area (Å²) in [7, 11) is 4.66. The second-order valence-corrected chi connectivity index (χ2v) is 11.4. The molecule has 0 spiro atoms. The van der Waals surface area contributed by atoms with E-state index in [4.69, 9.17) is 14.2 Å². The normalized spacial score (nSPS) is 11.9. The van der Waals surface area contributed by atoms with E-state index in [2.05, 4.69) is 33.2 Å². The number of benzene rings is 1. The van der Waals surface area contributed by atoms with Crippen LogP contribution in [-0.4, -0.2) is 64.7 Å². The molecule has 0 saturated heterocycles. The van der Waals surface area contributed by atoms with E-state index in [1.165, 1.54) is 115 Å². The Hall–Kier alpha value is -0.940. The molecule has 0 atom stereocenters. The van der Waals surface area contributed by atoms with Crippen LogP contribution >= 0.6 is 0 Å². The molecule has 0 heterocycles. The van der Waals surface area contributed by atoms with Crippen molar-refractivity contribution in [2.24, 2.45) is 0 Å². The van der Waals surface area contributed by atoms with Crippen LogP contribution in [0.3, 0.4) is 0 Å². The molecule has 0 amide bonds. The zero-order valence-corrected chi connectivity index (χ0v) is 25.0. The fraction of sp³-hybridized carbons (Fsp3) is 0.818. The van der Waals surface area contributed by atoms with Crippen LogP contribution in [0.2, 0.25) is 0 Å². The minimum Gasteiger partial charge on any atom is -0.377 e. The van der Waals surface area contributed by atoms with E-state index in [0.29, 0.717) is 33.0 Å². The van der Waals surface area contributed by atoms with Gasteiger partial charge in [0.25, 0.3) is 0 Å². The lowest BCUT2D eigenvalue weighted by molar-refractivity contribution is -0.891. The molecule has 0 radical (unpaired) electrons. The van der Waals surface area contributed by atoms with E-state index >= 15 is 0 Å². The molecule has 216 valence electrons. The topological polar surface area (TPSA) is 27.7 Å². The summed E-state index contributed by atoms with van der Waals surface area (Å²) in [6, 6.07) is 10.2. The summed E-state index contributed by atoms with van der Waals surface area (Å²) in [4.78, 5) is 0. The van der Waals surface area contributed by atoms with Crippen molar-refractivity contribution in [2.45, 2.75) is 116 Å². The highest BCUT2D eigenvalue weighted by molar-refractivity contribution is 5.13. The SMILES string of the molecule is CCCCCCCCCCCCCCCCCC[N+](C)(C)CCOCCOCCOCc1ccccc1. The molecule has 0 unspecified atom stereocenters. The summed E-state index contributed by atoms with van der Waals surface area (Å²) in [5, 5.41) is 0. The van der Waals surface area contributed by atoms with E-state index < -0.39 is 0 Å². The maximum Gasteiger partial charge on any atom is 0.102 e. The Morgan fingerprint density at radius 3 is 1.43 bits per heavy atom. The molecule has 4 heteroatoms. The molecule has 37 heavy (non-hydrogen) atoms. The molecule has 0 aliphatic heterocycles. The number of quaternary nitrogens is 1.